The number of nitrogens with zero attached hydrogens (tertiary/aromatic N) is 3. The van der Waals surface area contributed by atoms with Crippen molar-refractivity contribution in [3.05, 3.63) is 78.5 Å². The molecule has 0 aliphatic rings. The fourth-order valence-electron chi connectivity index (χ4n) is 2.82. The van der Waals surface area contributed by atoms with E-state index in [2.05, 4.69) is 46.5 Å². The maximum Gasteiger partial charge on any atom is 0.220 e. The summed E-state index contributed by atoms with van der Waals surface area (Å²) >= 11 is 0. The number of nitrogens with one attached hydrogen (secondary N) is 1. The first-order valence-corrected chi connectivity index (χ1v) is 8.94. The minimum absolute atomic E-state index is 0.0873. The van der Waals surface area contributed by atoms with Gasteiger partial charge in [-0.2, -0.15) is 0 Å². The Morgan fingerprint density at radius 2 is 2.00 bits per heavy atom. The van der Waals surface area contributed by atoms with E-state index in [0.717, 1.165) is 24.2 Å². The molecule has 0 fully saturated rings. The van der Waals surface area contributed by atoms with Crippen LogP contribution in [0.2, 0.25) is 0 Å². The maximum atomic E-state index is 12.1. The third-order valence-electron chi connectivity index (χ3n) is 4.37. The fourth-order valence-corrected chi connectivity index (χ4v) is 2.82. The molecule has 0 aliphatic heterocycles. The highest BCUT2D eigenvalue weighted by Gasteiger charge is 2.09. The Bertz CT molecular complexity index is 798. The summed E-state index contributed by atoms with van der Waals surface area (Å²) in [5.74, 6) is 1.26. The van der Waals surface area contributed by atoms with Crippen molar-refractivity contribution in [2.45, 2.75) is 32.7 Å². The zero-order chi connectivity index (χ0) is 18.2. The van der Waals surface area contributed by atoms with E-state index in [1.807, 2.05) is 29.0 Å². The predicted octanol–water partition coefficient (Wildman–Crippen LogP) is 3.54. The van der Waals surface area contributed by atoms with Crippen LogP contribution >= 0.6 is 0 Å². The van der Waals surface area contributed by atoms with Crippen molar-refractivity contribution in [1.82, 2.24) is 19.9 Å². The number of hydrogen-bond acceptors (Lipinski definition) is 3. The van der Waals surface area contributed by atoms with Gasteiger partial charge in [0.25, 0.3) is 0 Å². The number of hydrogen-bond donors (Lipinski definition) is 1. The van der Waals surface area contributed by atoms with Crippen LogP contribution in [-0.2, 0) is 17.8 Å². The molecule has 1 aromatic carbocycles. The monoisotopic (exact) mass is 348 g/mol. The zero-order valence-electron chi connectivity index (χ0n) is 15.0. The summed E-state index contributed by atoms with van der Waals surface area (Å²) in [6.45, 7) is 2.63. The van der Waals surface area contributed by atoms with Gasteiger partial charge in [-0.15, -0.1) is 0 Å². The number of aryl methyl sites for hydroxylation is 1. The molecule has 0 radical (unpaired) electrons. The molecule has 1 N–H and O–H groups in total. The predicted molar refractivity (Wildman–Crippen MR) is 102 cm³/mol. The molecule has 0 bridgehead atoms. The maximum absolute atomic E-state index is 12.1. The molecule has 26 heavy (non-hydrogen) atoms. The SMILES string of the molecule is C[C@@H](CCc1ccccc1)CC(=O)NCc1ccc(-n2ccnc2)nc1. The summed E-state index contributed by atoms with van der Waals surface area (Å²) < 4.78 is 1.84. The molecule has 5 nitrogen and oxygen atoms in total. The van der Waals surface area contributed by atoms with Crippen LogP contribution < -0.4 is 5.32 Å². The van der Waals surface area contributed by atoms with E-state index >= 15 is 0 Å². The number of pyridine rings is 1. The van der Waals surface area contributed by atoms with Crippen LogP contribution in [0.25, 0.3) is 5.82 Å². The molecule has 0 spiro atoms. The summed E-state index contributed by atoms with van der Waals surface area (Å²) in [6, 6.07) is 14.3. The van der Waals surface area contributed by atoms with Crippen molar-refractivity contribution in [2.24, 2.45) is 5.92 Å². The molecule has 1 atom stereocenters. The summed E-state index contributed by atoms with van der Waals surface area (Å²) in [5, 5.41) is 2.98. The van der Waals surface area contributed by atoms with Gasteiger partial charge in [-0.05, 0) is 36.0 Å². The van der Waals surface area contributed by atoms with Crippen molar-refractivity contribution in [2.75, 3.05) is 0 Å². The van der Waals surface area contributed by atoms with Gasteiger partial charge in [-0.25, -0.2) is 9.97 Å². The highest BCUT2D eigenvalue weighted by Crippen LogP contribution is 2.13. The van der Waals surface area contributed by atoms with Crippen molar-refractivity contribution in [3.8, 4) is 5.82 Å². The fraction of sp³-hybridized carbons (Fsp3) is 0.286. The average molecular weight is 348 g/mol. The van der Waals surface area contributed by atoms with Gasteiger partial charge in [0.1, 0.15) is 12.1 Å². The molecule has 2 aromatic heterocycles. The summed E-state index contributed by atoms with van der Waals surface area (Å²) in [7, 11) is 0. The Hall–Kier alpha value is -2.95. The van der Waals surface area contributed by atoms with E-state index in [9.17, 15) is 4.79 Å². The zero-order valence-corrected chi connectivity index (χ0v) is 15.0. The van der Waals surface area contributed by atoms with Crippen molar-refractivity contribution in [1.29, 1.82) is 0 Å². The Labute approximate surface area is 154 Å². The molecule has 1 amide bonds. The molecule has 5 heteroatoms. The lowest BCUT2D eigenvalue weighted by Crippen LogP contribution is -2.24. The first-order chi connectivity index (χ1) is 12.7. The minimum Gasteiger partial charge on any atom is -0.352 e. The first kappa shape index (κ1) is 17.9. The number of benzene rings is 1. The van der Waals surface area contributed by atoms with Gasteiger partial charge in [-0.1, -0.05) is 43.3 Å². The second-order valence-corrected chi connectivity index (χ2v) is 6.60. The number of imidazole rings is 1. The van der Waals surface area contributed by atoms with Crippen molar-refractivity contribution in [3.63, 3.8) is 0 Å². The third-order valence-corrected chi connectivity index (χ3v) is 4.37. The van der Waals surface area contributed by atoms with Crippen molar-refractivity contribution >= 4 is 5.91 Å². The first-order valence-electron chi connectivity index (χ1n) is 8.94. The Morgan fingerprint density at radius 3 is 2.69 bits per heavy atom. The van der Waals surface area contributed by atoms with Crippen LogP contribution in [0.4, 0.5) is 0 Å². The van der Waals surface area contributed by atoms with Crippen molar-refractivity contribution < 1.29 is 4.79 Å². The quantitative estimate of drug-likeness (QED) is 0.677. The lowest BCUT2D eigenvalue weighted by molar-refractivity contribution is -0.122. The summed E-state index contributed by atoms with van der Waals surface area (Å²) in [4.78, 5) is 20.6. The van der Waals surface area contributed by atoms with Crippen LogP contribution in [0.15, 0.2) is 67.4 Å². The third kappa shape index (κ3) is 5.28. The summed E-state index contributed by atoms with van der Waals surface area (Å²) in [5.41, 5.74) is 2.31. The molecule has 0 aliphatic carbocycles. The highest BCUT2D eigenvalue weighted by molar-refractivity contribution is 5.76. The van der Waals surface area contributed by atoms with Gasteiger partial charge in [0.05, 0.1) is 0 Å². The smallest absolute Gasteiger partial charge is 0.220 e. The number of carbonyl (C=O) groups is 1. The van der Waals surface area contributed by atoms with E-state index in [1.165, 1.54) is 5.56 Å². The molecular weight excluding hydrogens is 324 g/mol. The molecule has 3 aromatic rings. The number of rotatable bonds is 8. The second kappa shape index (κ2) is 8.94. The largest absolute Gasteiger partial charge is 0.352 e. The lowest BCUT2D eigenvalue weighted by atomic mass is 9.98. The van der Waals surface area contributed by atoms with E-state index in [-0.39, 0.29) is 5.91 Å². The normalized spacial score (nSPS) is 11.9. The van der Waals surface area contributed by atoms with Gasteiger partial charge in [0.2, 0.25) is 5.91 Å². The Morgan fingerprint density at radius 1 is 1.15 bits per heavy atom. The van der Waals surface area contributed by atoms with Gasteiger partial charge in [0, 0.05) is 31.6 Å². The van der Waals surface area contributed by atoms with E-state index in [4.69, 9.17) is 0 Å². The number of carbonyl (C=O) groups excluding carboxylic acids is 1. The van der Waals surface area contributed by atoms with Crippen LogP contribution in [0, 0.1) is 5.92 Å². The Kier molecular flexibility index (Phi) is 6.14. The minimum atomic E-state index is 0.0873. The van der Waals surface area contributed by atoms with E-state index in [1.54, 1.807) is 18.7 Å². The van der Waals surface area contributed by atoms with Gasteiger partial charge in [0.15, 0.2) is 0 Å². The Balaban J connectivity index is 1.40. The molecule has 2 heterocycles. The van der Waals surface area contributed by atoms with E-state index in [0.29, 0.717) is 18.9 Å². The van der Waals surface area contributed by atoms with Crippen LogP contribution in [-0.4, -0.2) is 20.4 Å². The van der Waals surface area contributed by atoms with Crippen LogP contribution in [0.1, 0.15) is 30.9 Å². The van der Waals surface area contributed by atoms with Gasteiger partial charge in [-0.3, -0.25) is 9.36 Å². The number of amides is 1. The molecule has 134 valence electrons. The molecule has 0 saturated carbocycles. The van der Waals surface area contributed by atoms with Crippen LogP contribution in [0.5, 0.6) is 0 Å². The van der Waals surface area contributed by atoms with Gasteiger partial charge < -0.3 is 5.32 Å². The molecule has 0 saturated heterocycles. The lowest BCUT2D eigenvalue weighted by Gasteiger charge is -2.12. The van der Waals surface area contributed by atoms with Crippen LogP contribution in [0.3, 0.4) is 0 Å². The standard InChI is InChI=1S/C21H24N4O/c1-17(7-8-18-5-3-2-4-6-18)13-21(26)24-15-19-9-10-20(23-14-19)25-12-11-22-16-25/h2-6,9-12,14,16-17H,7-8,13,15H2,1H3,(H,24,26)/t17-/m0/s1. The molecule has 0 unspecified atom stereocenters. The topological polar surface area (TPSA) is 59.8 Å². The molecular formula is C21H24N4O. The summed E-state index contributed by atoms with van der Waals surface area (Å²) in [6.07, 6.45) is 9.63. The highest BCUT2D eigenvalue weighted by atomic mass is 16.1. The van der Waals surface area contributed by atoms with E-state index < -0.39 is 0 Å². The van der Waals surface area contributed by atoms with Gasteiger partial charge >= 0.3 is 0 Å². The second-order valence-electron chi connectivity index (χ2n) is 6.60. The number of aromatic nitrogens is 3. The molecule has 3 rings (SSSR count). The average Bonchev–Trinajstić information content (AvgIpc) is 3.21.